The van der Waals surface area contributed by atoms with Gasteiger partial charge in [0.1, 0.15) is 0 Å². The normalized spacial score (nSPS) is 30.9. The molecule has 0 saturated heterocycles. The minimum Gasteiger partial charge on any atom is -0.396 e. The zero-order valence-electron chi connectivity index (χ0n) is 10.5. The number of rotatable bonds is 5. The van der Waals surface area contributed by atoms with Crippen LogP contribution in [-0.2, 0) is 4.79 Å². The molecule has 17 heavy (non-hydrogen) atoms. The molecule has 0 radical (unpaired) electrons. The number of nitrogens with one attached hydrogen (secondary N) is 1. The first-order valence-electron chi connectivity index (χ1n) is 6.78. The fourth-order valence-corrected chi connectivity index (χ4v) is 2.65. The van der Waals surface area contributed by atoms with E-state index in [1.165, 1.54) is 0 Å². The second-order valence-corrected chi connectivity index (χ2v) is 5.83. The van der Waals surface area contributed by atoms with Gasteiger partial charge in [-0.05, 0) is 51.0 Å². The van der Waals surface area contributed by atoms with Crippen LogP contribution in [0.2, 0.25) is 0 Å². The predicted octanol–water partition coefficient (Wildman–Crippen LogP) is 0.640. The zero-order valence-corrected chi connectivity index (χ0v) is 10.5. The number of nitrogens with two attached hydrogens (primary N) is 1. The number of amides is 1. The number of aliphatic hydroxyl groups is 1. The third kappa shape index (κ3) is 3.19. The first-order valence-corrected chi connectivity index (χ1v) is 6.78. The quantitative estimate of drug-likeness (QED) is 0.660. The summed E-state index contributed by atoms with van der Waals surface area (Å²) in [6.07, 6.45) is 6.20. The van der Waals surface area contributed by atoms with Gasteiger partial charge in [-0.1, -0.05) is 0 Å². The van der Waals surface area contributed by atoms with Crippen LogP contribution >= 0.6 is 0 Å². The van der Waals surface area contributed by atoms with Crippen molar-refractivity contribution in [3.8, 4) is 0 Å². The van der Waals surface area contributed by atoms with Crippen molar-refractivity contribution in [3.05, 3.63) is 0 Å². The van der Waals surface area contributed by atoms with Gasteiger partial charge in [0.2, 0.25) is 5.91 Å². The van der Waals surface area contributed by atoms with Crippen LogP contribution in [0.5, 0.6) is 0 Å². The maximum atomic E-state index is 12.0. The van der Waals surface area contributed by atoms with Crippen LogP contribution in [0.25, 0.3) is 0 Å². The molecule has 0 aliphatic heterocycles. The van der Waals surface area contributed by atoms with Crippen LogP contribution in [0.15, 0.2) is 0 Å². The molecule has 0 bridgehead atoms. The number of hydrogen-bond donors (Lipinski definition) is 3. The van der Waals surface area contributed by atoms with E-state index in [-0.39, 0.29) is 23.8 Å². The number of hydrogen-bond acceptors (Lipinski definition) is 3. The highest BCUT2D eigenvalue weighted by Crippen LogP contribution is 2.44. The summed E-state index contributed by atoms with van der Waals surface area (Å²) in [6, 6.07) is 0. The Morgan fingerprint density at radius 1 is 1.29 bits per heavy atom. The van der Waals surface area contributed by atoms with Crippen LogP contribution in [0.1, 0.15) is 38.5 Å². The summed E-state index contributed by atoms with van der Waals surface area (Å²) >= 11 is 0. The number of carbonyl (C=O) groups is 1. The van der Waals surface area contributed by atoms with Crippen LogP contribution in [0.4, 0.5) is 0 Å². The fourth-order valence-electron chi connectivity index (χ4n) is 2.65. The van der Waals surface area contributed by atoms with Gasteiger partial charge in [0.25, 0.3) is 0 Å². The molecule has 0 spiro atoms. The molecule has 2 aliphatic rings. The summed E-state index contributed by atoms with van der Waals surface area (Å²) in [5, 5.41) is 12.2. The van der Waals surface area contributed by atoms with Crippen LogP contribution in [0.3, 0.4) is 0 Å². The van der Waals surface area contributed by atoms with E-state index >= 15 is 0 Å². The Morgan fingerprint density at radius 2 is 1.94 bits per heavy atom. The molecule has 0 aromatic rings. The molecule has 0 heterocycles. The molecule has 1 amide bonds. The lowest BCUT2D eigenvalue weighted by Gasteiger charge is -2.27. The standard InChI is InChI=1S/C13H24N2O2/c14-7-10-1-3-11(4-2-10)12(17)15-8-13(9-16)5-6-13/h10-11,16H,1-9,14H2,(H,15,17). The molecule has 4 nitrogen and oxygen atoms in total. The van der Waals surface area contributed by atoms with Crippen molar-refractivity contribution >= 4 is 5.91 Å². The summed E-state index contributed by atoms with van der Waals surface area (Å²) in [5.74, 6) is 0.971. The average molecular weight is 240 g/mol. The molecular weight excluding hydrogens is 216 g/mol. The van der Waals surface area contributed by atoms with Gasteiger partial charge >= 0.3 is 0 Å². The molecule has 0 atom stereocenters. The van der Waals surface area contributed by atoms with Gasteiger partial charge in [0.05, 0.1) is 6.61 Å². The van der Waals surface area contributed by atoms with Gasteiger partial charge in [-0.25, -0.2) is 0 Å². The van der Waals surface area contributed by atoms with Crippen molar-refractivity contribution in [1.82, 2.24) is 5.32 Å². The lowest BCUT2D eigenvalue weighted by Crippen LogP contribution is -2.38. The fraction of sp³-hybridized carbons (Fsp3) is 0.923. The van der Waals surface area contributed by atoms with E-state index in [0.717, 1.165) is 45.1 Å². The van der Waals surface area contributed by atoms with E-state index in [1.807, 2.05) is 0 Å². The highest BCUT2D eigenvalue weighted by molar-refractivity contribution is 5.78. The van der Waals surface area contributed by atoms with Crippen LogP contribution in [-0.4, -0.2) is 30.7 Å². The van der Waals surface area contributed by atoms with Crippen molar-refractivity contribution in [2.24, 2.45) is 23.0 Å². The lowest BCUT2D eigenvalue weighted by molar-refractivity contribution is -0.126. The topological polar surface area (TPSA) is 75.4 Å². The molecule has 0 aromatic heterocycles. The Labute approximate surface area is 103 Å². The molecule has 98 valence electrons. The van der Waals surface area contributed by atoms with Gasteiger partial charge in [0.15, 0.2) is 0 Å². The maximum absolute atomic E-state index is 12.0. The number of aliphatic hydroxyl groups excluding tert-OH is 1. The predicted molar refractivity (Wildman–Crippen MR) is 66.3 cm³/mol. The lowest BCUT2D eigenvalue weighted by atomic mass is 9.81. The van der Waals surface area contributed by atoms with Crippen molar-refractivity contribution in [3.63, 3.8) is 0 Å². The third-order valence-electron chi connectivity index (χ3n) is 4.48. The molecule has 0 unspecified atom stereocenters. The highest BCUT2D eigenvalue weighted by Gasteiger charge is 2.42. The van der Waals surface area contributed by atoms with Gasteiger partial charge in [0, 0.05) is 17.9 Å². The Balaban J connectivity index is 1.70. The smallest absolute Gasteiger partial charge is 0.223 e. The van der Waals surface area contributed by atoms with E-state index in [1.54, 1.807) is 0 Å². The Kier molecular flexibility index (Phi) is 4.05. The Morgan fingerprint density at radius 3 is 2.41 bits per heavy atom. The maximum Gasteiger partial charge on any atom is 0.223 e. The average Bonchev–Trinajstić information content (AvgIpc) is 3.17. The third-order valence-corrected chi connectivity index (χ3v) is 4.48. The monoisotopic (exact) mass is 240 g/mol. The van der Waals surface area contributed by atoms with Crippen LogP contribution in [0, 0.1) is 17.3 Å². The van der Waals surface area contributed by atoms with Crippen molar-refractivity contribution in [1.29, 1.82) is 0 Å². The molecular formula is C13H24N2O2. The van der Waals surface area contributed by atoms with Gasteiger partial charge < -0.3 is 16.2 Å². The van der Waals surface area contributed by atoms with Crippen LogP contribution < -0.4 is 11.1 Å². The van der Waals surface area contributed by atoms with Gasteiger partial charge in [-0.2, -0.15) is 0 Å². The summed E-state index contributed by atoms with van der Waals surface area (Å²) < 4.78 is 0. The molecule has 4 heteroatoms. The molecule has 2 rings (SSSR count). The molecule has 4 N–H and O–H groups in total. The first-order chi connectivity index (χ1) is 8.19. The number of carbonyl (C=O) groups excluding carboxylic acids is 1. The highest BCUT2D eigenvalue weighted by atomic mass is 16.3. The SMILES string of the molecule is NCC1CCC(C(=O)NCC2(CO)CC2)CC1. The first kappa shape index (κ1) is 12.8. The van der Waals surface area contributed by atoms with Crippen molar-refractivity contribution < 1.29 is 9.90 Å². The summed E-state index contributed by atoms with van der Waals surface area (Å²) in [6.45, 7) is 1.61. The minimum absolute atomic E-state index is 0.0180. The second kappa shape index (κ2) is 5.36. The van der Waals surface area contributed by atoms with E-state index in [0.29, 0.717) is 12.5 Å². The molecule has 2 saturated carbocycles. The minimum atomic E-state index is 0.0180. The van der Waals surface area contributed by atoms with E-state index in [4.69, 9.17) is 5.73 Å². The Hall–Kier alpha value is -0.610. The van der Waals surface area contributed by atoms with E-state index in [2.05, 4.69) is 5.32 Å². The van der Waals surface area contributed by atoms with E-state index < -0.39 is 0 Å². The summed E-state index contributed by atoms with van der Waals surface area (Å²) in [5.41, 5.74) is 5.66. The summed E-state index contributed by atoms with van der Waals surface area (Å²) in [7, 11) is 0. The summed E-state index contributed by atoms with van der Waals surface area (Å²) in [4.78, 5) is 12.0. The molecule has 2 aliphatic carbocycles. The van der Waals surface area contributed by atoms with Gasteiger partial charge in [-0.3, -0.25) is 4.79 Å². The Bertz CT molecular complexity index is 269. The van der Waals surface area contributed by atoms with Gasteiger partial charge in [-0.15, -0.1) is 0 Å². The second-order valence-electron chi connectivity index (χ2n) is 5.83. The molecule has 2 fully saturated rings. The largest absolute Gasteiger partial charge is 0.396 e. The van der Waals surface area contributed by atoms with Crippen molar-refractivity contribution in [2.45, 2.75) is 38.5 Å². The zero-order chi connectivity index (χ0) is 12.3. The van der Waals surface area contributed by atoms with Crippen molar-refractivity contribution in [2.75, 3.05) is 19.7 Å². The molecule has 0 aromatic carbocycles. The van der Waals surface area contributed by atoms with E-state index in [9.17, 15) is 9.90 Å².